The summed E-state index contributed by atoms with van der Waals surface area (Å²) in [6.45, 7) is 0. The number of nitrogens with zero attached hydrogens (tertiary/aromatic N) is 4. The maximum atomic E-state index is 12.3. The number of rotatable bonds is 4. The number of carbonyl (C=O) groups excluding carboxylic acids is 1. The van der Waals surface area contributed by atoms with Crippen molar-refractivity contribution in [3.63, 3.8) is 0 Å². The zero-order valence-electron chi connectivity index (χ0n) is 14.6. The Morgan fingerprint density at radius 1 is 1.14 bits per heavy atom. The lowest BCUT2D eigenvalue weighted by atomic mass is 10.3. The lowest BCUT2D eigenvalue weighted by Crippen LogP contribution is -2.37. The van der Waals surface area contributed by atoms with Crippen molar-refractivity contribution in [3.05, 3.63) is 71.9 Å². The number of amides is 1. The molecule has 0 bridgehead atoms. The van der Waals surface area contributed by atoms with Gasteiger partial charge in [0.05, 0.1) is 10.6 Å². The molecule has 11 heteroatoms. The zero-order valence-corrected chi connectivity index (χ0v) is 17.0. The largest absolute Gasteiger partial charge is 0.330 e. The van der Waals surface area contributed by atoms with E-state index in [0.29, 0.717) is 10.7 Å². The lowest BCUT2D eigenvalue weighted by molar-refractivity contribution is 0.102. The molecule has 3 aromatic rings. The average Bonchev–Trinajstić information content (AvgIpc) is 3.16. The number of hydrogen-bond acceptors (Lipinski definition) is 6. The van der Waals surface area contributed by atoms with E-state index in [-0.39, 0.29) is 20.6 Å². The molecule has 28 heavy (non-hydrogen) atoms. The third kappa shape index (κ3) is 4.22. The van der Waals surface area contributed by atoms with Crippen LogP contribution in [-0.4, -0.2) is 25.2 Å². The molecule has 0 atom stereocenters. The van der Waals surface area contributed by atoms with Crippen molar-refractivity contribution in [2.75, 3.05) is 5.32 Å². The molecule has 0 unspecified atom stereocenters. The molecule has 0 fully saturated rings. The third-order valence-corrected chi connectivity index (χ3v) is 5.29. The Labute approximate surface area is 172 Å². The first-order valence-corrected chi connectivity index (χ1v) is 9.38. The van der Waals surface area contributed by atoms with Gasteiger partial charge in [-0.3, -0.25) is 14.2 Å². The first kappa shape index (κ1) is 20.0. The predicted octanol–water partition coefficient (Wildman–Crippen LogP) is 2.58. The number of aromatic nitrogens is 4. The van der Waals surface area contributed by atoms with Crippen LogP contribution in [0.3, 0.4) is 0 Å². The van der Waals surface area contributed by atoms with E-state index in [2.05, 4.69) is 15.5 Å². The van der Waals surface area contributed by atoms with Crippen LogP contribution in [0.1, 0.15) is 20.4 Å². The van der Waals surface area contributed by atoms with Gasteiger partial charge in [-0.25, -0.2) is 4.79 Å². The molecule has 144 valence electrons. The van der Waals surface area contributed by atoms with Gasteiger partial charge in [0.15, 0.2) is 5.01 Å². The van der Waals surface area contributed by atoms with Crippen LogP contribution in [0.4, 0.5) is 5.69 Å². The van der Waals surface area contributed by atoms with Crippen LogP contribution in [-0.2, 0) is 14.1 Å². The van der Waals surface area contributed by atoms with Gasteiger partial charge in [-0.05, 0) is 30.3 Å². The summed E-state index contributed by atoms with van der Waals surface area (Å²) in [5, 5.41) is 11.4. The number of hydrogen-bond donors (Lipinski definition) is 1. The van der Waals surface area contributed by atoms with Gasteiger partial charge in [0.25, 0.3) is 11.5 Å². The molecule has 0 aliphatic heterocycles. The van der Waals surface area contributed by atoms with E-state index in [9.17, 15) is 14.4 Å². The molecule has 8 nitrogen and oxygen atoms in total. The molecule has 0 radical (unpaired) electrons. The molecule has 0 aliphatic rings. The van der Waals surface area contributed by atoms with Gasteiger partial charge >= 0.3 is 5.69 Å². The van der Waals surface area contributed by atoms with Crippen LogP contribution < -0.4 is 16.6 Å². The average molecular weight is 438 g/mol. The fraction of sp³-hybridized carbons (Fsp3) is 0.118. The van der Waals surface area contributed by atoms with E-state index in [1.165, 1.54) is 30.9 Å². The van der Waals surface area contributed by atoms with Gasteiger partial charge in [0.1, 0.15) is 0 Å². The summed E-state index contributed by atoms with van der Waals surface area (Å²) in [5.74, 6) is -0.450. The monoisotopic (exact) mass is 437 g/mol. The minimum absolute atomic E-state index is 0.102. The highest BCUT2D eigenvalue weighted by Crippen LogP contribution is 2.25. The molecule has 0 spiro atoms. The highest BCUT2D eigenvalue weighted by atomic mass is 35.5. The van der Waals surface area contributed by atoms with Crippen LogP contribution in [0.25, 0.3) is 11.1 Å². The number of aryl methyl sites for hydroxylation is 1. The molecule has 2 aromatic heterocycles. The van der Waals surface area contributed by atoms with Gasteiger partial charge in [-0.2, -0.15) is 0 Å². The summed E-state index contributed by atoms with van der Waals surface area (Å²) in [4.78, 5) is 36.2. The Balaban J connectivity index is 1.84. The van der Waals surface area contributed by atoms with Crippen LogP contribution in [0.2, 0.25) is 5.02 Å². The molecule has 1 amide bonds. The number of halogens is 2. The van der Waals surface area contributed by atoms with Gasteiger partial charge in [0.2, 0.25) is 5.01 Å². The van der Waals surface area contributed by atoms with Crippen molar-refractivity contribution >= 4 is 57.2 Å². The Morgan fingerprint density at radius 2 is 1.79 bits per heavy atom. The summed E-state index contributed by atoms with van der Waals surface area (Å²) in [6, 6.07) is 6.61. The summed E-state index contributed by atoms with van der Waals surface area (Å²) in [7, 11) is 2.90. The Morgan fingerprint density at radius 3 is 2.46 bits per heavy atom. The number of nitrogens with one attached hydrogen (secondary N) is 1. The van der Waals surface area contributed by atoms with E-state index < -0.39 is 17.2 Å². The van der Waals surface area contributed by atoms with Crippen LogP contribution in [0.15, 0.2) is 40.1 Å². The number of anilines is 1. The number of carbonyl (C=O) groups is 1. The van der Waals surface area contributed by atoms with Crippen molar-refractivity contribution in [3.8, 4) is 0 Å². The Hall–Kier alpha value is -2.75. The second-order valence-electron chi connectivity index (χ2n) is 5.71. The smallest absolute Gasteiger partial charge is 0.320 e. The van der Waals surface area contributed by atoms with E-state index in [0.717, 1.165) is 15.9 Å². The predicted molar refractivity (Wildman–Crippen MR) is 110 cm³/mol. The summed E-state index contributed by atoms with van der Waals surface area (Å²) in [5.41, 5.74) is -0.180. The van der Waals surface area contributed by atoms with E-state index in [4.69, 9.17) is 23.2 Å². The minimum Gasteiger partial charge on any atom is -0.320 e. The normalized spacial score (nSPS) is 11.5. The highest BCUT2D eigenvalue weighted by Gasteiger charge is 2.15. The summed E-state index contributed by atoms with van der Waals surface area (Å²) < 4.78 is 2.24. The SMILES string of the molecule is Cn1cc(/C=C(\Cl)c2nnc(C(=O)Nc3ccc(Cl)cc3)s2)c(=O)n(C)c1=O. The van der Waals surface area contributed by atoms with Crippen LogP contribution in [0.5, 0.6) is 0 Å². The molecular weight excluding hydrogens is 425 g/mol. The maximum Gasteiger partial charge on any atom is 0.330 e. The van der Waals surface area contributed by atoms with Gasteiger partial charge < -0.3 is 9.88 Å². The quantitative estimate of drug-likeness (QED) is 0.675. The highest BCUT2D eigenvalue weighted by molar-refractivity contribution is 7.15. The topological polar surface area (TPSA) is 98.9 Å². The van der Waals surface area contributed by atoms with Gasteiger partial charge in [0, 0.05) is 31.0 Å². The van der Waals surface area contributed by atoms with Crippen molar-refractivity contribution in [2.24, 2.45) is 14.1 Å². The van der Waals surface area contributed by atoms with Crippen molar-refractivity contribution < 1.29 is 4.79 Å². The van der Waals surface area contributed by atoms with E-state index in [1.807, 2.05) is 0 Å². The molecule has 2 heterocycles. The van der Waals surface area contributed by atoms with Crippen LogP contribution >= 0.6 is 34.5 Å². The first-order valence-electron chi connectivity index (χ1n) is 7.81. The number of benzene rings is 1. The van der Waals surface area contributed by atoms with Gasteiger partial charge in [-0.15, -0.1) is 10.2 Å². The fourth-order valence-corrected chi connectivity index (χ4v) is 3.31. The second kappa shape index (κ2) is 8.09. The third-order valence-electron chi connectivity index (χ3n) is 3.68. The molecule has 0 aliphatic carbocycles. The van der Waals surface area contributed by atoms with Crippen molar-refractivity contribution in [2.45, 2.75) is 0 Å². The van der Waals surface area contributed by atoms with Crippen LogP contribution in [0, 0.1) is 0 Å². The van der Waals surface area contributed by atoms with Gasteiger partial charge in [-0.1, -0.05) is 34.5 Å². The molecule has 1 N–H and O–H groups in total. The first-order chi connectivity index (χ1) is 13.3. The van der Waals surface area contributed by atoms with Crippen molar-refractivity contribution in [1.82, 2.24) is 19.3 Å². The van der Waals surface area contributed by atoms with E-state index in [1.54, 1.807) is 24.3 Å². The minimum atomic E-state index is -0.494. The maximum absolute atomic E-state index is 12.3. The molecule has 0 saturated heterocycles. The lowest BCUT2D eigenvalue weighted by Gasteiger charge is -2.03. The molecule has 3 rings (SSSR count). The fourth-order valence-electron chi connectivity index (χ4n) is 2.26. The Kier molecular flexibility index (Phi) is 5.78. The molecular formula is C17H13Cl2N5O3S. The molecule has 0 saturated carbocycles. The standard InChI is InChI=1S/C17H13Cl2N5O3S/c1-23-8-9(16(26)24(2)17(23)27)7-12(19)14-21-22-15(28-14)13(25)20-11-5-3-10(18)4-6-11/h3-8H,1-2H3,(H,20,25)/b12-7-. The Bertz CT molecular complexity index is 1190. The summed E-state index contributed by atoms with van der Waals surface area (Å²) >= 11 is 13.0. The second-order valence-corrected chi connectivity index (χ2v) is 7.53. The molecule has 1 aromatic carbocycles. The van der Waals surface area contributed by atoms with Crippen molar-refractivity contribution in [1.29, 1.82) is 0 Å². The van der Waals surface area contributed by atoms with E-state index >= 15 is 0 Å². The summed E-state index contributed by atoms with van der Waals surface area (Å²) in [6.07, 6.45) is 2.76. The zero-order chi connectivity index (χ0) is 20.4.